The van der Waals surface area contributed by atoms with Crippen LogP contribution in [0, 0.1) is 97.1 Å². The molecule has 0 bridgehead atoms. The molecule has 0 radical (unpaired) electrons. The summed E-state index contributed by atoms with van der Waals surface area (Å²) >= 11 is 0. The fourth-order valence-electron chi connectivity index (χ4n) is 10.2. The Balaban J connectivity index is 0.000000369. The lowest BCUT2D eigenvalue weighted by molar-refractivity contribution is -0.141. The lowest BCUT2D eigenvalue weighted by atomic mass is 9.69. The number of rotatable bonds is 8. The zero-order valence-electron chi connectivity index (χ0n) is 40.9. The minimum Gasteiger partial charge on any atom is -0.423 e. The van der Waals surface area contributed by atoms with Crippen molar-refractivity contribution in [2.45, 2.75) is 150 Å². The number of hydrogen-bond donors (Lipinski definition) is 0. The van der Waals surface area contributed by atoms with Gasteiger partial charge in [-0.15, -0.1) is 0 Å². The Morgan fingerprint density at radius 1 is 0.406 bits per heavy atom. The molecule has 0 spiro atoms. The van der Waals surface area contributed by atoms with Gasteiger partial charge in [0, 0.05) is 5.71 Å². The van der Waals surface area contributed by atoms with E-state index in [1.807, 2.05) is 12.1 Å². The van der Waals surface area contributed by atoms with Crippen molar-refractivity contribution in [2.75, 3.05) is 0 Å². The number of esters is 3. The van der Waals surface area contributed by atoms with E-state index in [1.165, 1.54) is 114 Å². The topological polar surface area (TPSA) is 78.9 Å². The molecule has 4 aliphatic rings. The van der Waals surface area contributed by atoms with E-state index >= 15 is 0 Å². The van der Waals surface area contributed by atoms with E-state index in [1.54, 1.807) is 12.1 Å². The van der Waals surface area contributed by atoms with Crippen molar-refractivity contribution in [1.82, 2.24) is 0 Å². The maximum atomic E-state index is 13.9. The van der Waals surface area contributed by atoms with Gasteiger partial charge in [-0.3, -0.25) is 9.59 Å². The summed E-state index contributed by atoms with van der Waals surface area (Å²) < 4.78 is 97.0. The molecule has 4 aliphatic carbocycles. The third-order valence-corrected chi connectivity index (χ3v) is 15.2. The molecule has 0 aliphatic heterocycles. The van der Waals surface area contributed by atoms with Crippen molar-refractivity contribution in [3.63, 3.8) is 0 Å². The Bertz CT molecular complexity index is 2390. The van der Waals surface area contributed by atoms with Gasteiger partial charge in [-0.05, 0) is 186 Å². The molecule has 12 heteroatoms. The average Bonchev–Trinajstić information content (AvgIpc) is 3.35. The summed E-state index contributed by atoms with van der Waals surface area (Å²) in [4.78, 5) is 36.4. The molecule has 4 saturated carbocycles. The summed E-state index contributed by atoms with van der Waals surface area (Å²) in [5, 5.41) is 0. The molecule has 0 heterocycles. The third kappa shape index (κ3) is 14.2. The van der Waals surface area contributed by atoms with Gasteiger partial charge in [-0.2, -0.15) is 13.2 Å². The standard InChI is InChI=1S/C21H28F2O2.C21H22F2O2.C15H18F2O2.4H2/c2*1-13-3-6-15(7-4-13)16-8-10-17(11-9-16)21(24)25-18-12-5-14(2)19(22)20(18)23;1-9-3-6-11(7-4-9)15(18)19-12-8-5-10(2)13(16)14(12)17;;;;/h5,12-13,15-17H,3-4,6-11H2,1-2H3;5,8-13,15H,3-4,6-7H2,1-2H3;5,8-9,11H,3-4,6-7H2,1-2H3;4*1H. The molecule has 0 amide bonds. The van der Waals surface area contributed by atoms with Crippen LogP contribution in [0.1, 0.15) is 168 Å². The van der Waals surface area contributed by atoms with Crippen LogP contribution >= 0.6 is 0 Å². The minimum absolute atomic E-state index is 0. The highest BCUT2D eigenvalue weighted by Gasteiger charge is 2.34. The SMILES string of the molecule is Cc1ccc(OC(=O)C2CCC(C)CC2)c(F)c1F.Cc1ccc(OC(=O)C2CCC(C3CCC(C)CC3)CC2)c(F)c1F.Cc1ccc(OC(=O)c2ccc(C3CCC(C)CC3)cc2)c(F)c1F.[HH].[HH].[HH].[HH]. The van der Waals surface area contributed by atoms with E-state index in [2.05, 4.69) is 20.8 Å². The molecule has 0 atom stereocenters. The quantitative estimate of drug-likeness (QED) is 0.0994. The van der Waals surface area contributed by atoms with E-state index in [9.17, 15) is 40.7 Å². The first kappa shape index (κ1) is 53.2. The Kier molecular flexibility index (Phi) is 19.0. The summed E-state index contributed by atoms with van der Waals surface area (Å²) in [6.07, 6.45) is 17.2. The zero-order chi connectivity index (χ0) is 49.9. The molecule has 69 heavy (non-hydrogen) atoms. The lowest BCUT2D eigenvalue weighted by Gasteiger charge is -2.36. The second-order valence-corrected chi connectivity index (χ2v) is 20.4. The molecule has 6 nitrogen and oxygen atoms in total. The van der Waals surface area contributed by atoms with Crippen LogP contribution < -0.4 is 14.2 Å². The van der Waals surface area contributed by atoms with E-state index in [-0.39, 0.29) is 45.7 Å². The van der Waals surface area contributed by atoms with Crippen molar-refractivity contribution >= 4 is 17.9 Å². The fraction of sp³-hybridized carbons (Fsp3) is 0.526. The third-order valence-electron chi connectivity index (χ3n) is 15.2. The van der Waals surface area contributed by atoms with E-state index in [0.717, 1.165) is 69.1 Å². The van der Waals surface area contributed by atoms with Gasteiger partial charge >= 0.3 is 17.9 Å². The van der Waals surface area contributed by atoms with Crippen LogP contribution in [0.3, 0.4) is 0 Å². The second kappa shape index (κ2) is 24.6. The highest BCUT2D eigenvalue weighted by Crippen LogP contribution is 2.42. The van der Waals surface area contributed by atoms with Gasteiger partial charge in [-0.25, -0.2) is 18.0 Å². The largest absolute Gasteiger partial charge is 0.423 e. The van der Waals surface area contributed by atoms with Crippen molar-refractivity contribution in [1.29, 1.82) is 0 Å². The number of benzene rings is 4. The molecular weight excluding hydrogens is 895 g/mol. The predicted octanol–water partition coefficient (Wildman–Crippen LogP) is 16.6. The van der Waals surface area contributed by atoms with Crippen LogP contribution in [0.2, 0.25) is 0 Å². The van der Waals surface area contributed by atoms with Crippen LogP contribution in [0.5, 0.6) is 17.2 Å². The van der Waals surface area contributed by atoms with Crippen LogP contribution in [0.15, 0.2) is 60.7 Å². The van der Waals surface area contributed by atoms with Crippen molar-refractivity contribution in [2.24, 2.45) is 41.4 Å². The van der Waals surface area contributed by atoms with Gasteiger partial charge in [-0.1, -0.05) is 76.8 Å². The smallest absolute Gasteiger partial charge is 0.343 e. The number of halogens is 6. The normalized spacial score (nSPS) is 24.6. The molecule has 0 saturated heterocycles. The average molecular weight is 971 g/mol. The summed E-state index contributed by atoms with van der Waals surface area (Å²) in [6.45, 7) is 11.2. The van der Waals surface area contributed by atoms with Gasteiger partial charge in [0.2, 0.25) is 17.5 Å². The van der Waals surface area contributed by atoms with Crippen molar-refractivity contribution in [3.8, 4) is 17.2 Å². The highest BCUT2D eigenvalue weighted by atomic mass is 19.2. The van der Waals surface area contributed by atoms with Gasteiger partial charge in [0.25, 0.3) is 0 Å². The maximum Gasteiger partial charge on any atom is 0.343 e. The maximum absolute atomic E-state index is 13.9. The summed E-state index contributed by atoms with van der Waals surface area (Å²) in [5.74, 6) is -4.82. The molecule has 0 unspecified atom stereocenters. The fourth-order valence-corrected chi connectivity index (χ4v) is 10.2. The Morgan fingerprint density at radius 3 is 1.12 bits per heavy atom. The number of carbonyl (C=O) groups excluding carboxylic acids is 3. The zero-order valence-corrected chi connectivity index (χ0v) is 40.9. The van der Waals surface area contributed by atoms with Gasteiger partial charge in [0.05, 0.1) is 17.4 Å². The van der Waals surface area contributed by atoms with Crippen LogP contribution in [-0.2, 0) is 9.59 Å². The Hall–Kier alpha value is -5.13. The van der Waals surface area contributed by atoms with Gasteiger partial charge in [0.1, 0.15) is 0 Å². The van der Waals surface area contributed by atoms with Crippen molar-refractivity contribution < 1.29 is 60.6 Å². The molecule has 4 aromatic rings. The molecule has 382 valence electrons. The van der Waals surface area contributed by atoms with Gasteiger partial charge < -0.3 is 14.2 Å². The van der Waals surface area contributed by atoms with E-state index < -0.39 is 58.6 Å². The number of aryl methyl sites for hydroxylation is 3. The van der Waals surface area contributed by atoms with Gasteiger partial charge in [0.15, 0.2) is 34.7 Å². The van der Waals surface area contributed by atoms with Crippen LogP contribution in [0.4, 0.5) is 26.3 Å². The summed E-state index contributed by atoms with van der Waals surface area (Å²) in [6, 6.07) is 15.4. The first-order chi connectivity index (χ1) is 32.9. The van der Waals surface area contributed by atoms with Crippen LogP contribution in [-0.4, -0.2) is 17.9 Å². The second-order valence-electron chi connectivity index (χ2n) is 20.4. The molecule has 4 fully saturated rings. The number of carbonyl (C=O) groups is 3. The first-order valence-electron chi connectivity index (χ1n) is 25.0. The highest BCUT2D eigenvalue weighted by molar-refractivity contribution is 5.91. The Morgan fingerprint density at radius 2 is 0.725 bits per heavy atom. The van der Waals surface area contributed by atoms with E-state index in [4.69, 9.17) is 14.2 Å². The molecule has 8 rings (SSSR count). The Labute approximate surface area is 409 Å². The minimum atomic E-state index is -1.14. The van der Waals surface area contributed by atoms with Crippen molar-refractivity contribution in [3.05, 3.63) is 123 Å². The molecule has 0 N–H and O–H groups in total. The predicted molar refractivity (Wildman–Crippen MR) is 262 cm³/mol. The first-order valence-corrected chi connectivity index (χ1v) is 25.0. The molecular formula is C57H76F6O6. The molecule has 4 aromatic carbocycles. The van der Waals surface area contributed by atoms with Crippen LogP contribution in [0.25, 0.3) is 0 Å². The lowest BCUT2D eigenvalue weighted by Crippen LogP contribution is -2.30. The molecule has 0 aromatic heterocycles. The summed E-state index contributed by atoms with van der Waals surface area (Å²) in [7, 11) is 0. The number of ether oxygens (including phenoxy) is 3. The monoisotopic (exact) mass is 971 g/mol. The van der Waals surface area contributed by atoms with E-state index in [0.29, 0.717) is 23.3 Å². The summed E-state index contributed by atoms with van der Waals surface area (Å²) in [5.41, 5.74) is 2.12. The number of hydrogen-bond acceptors (Lipinski definition) is 6.